The predicted molar refractivity (Wildman–Crippen MR) is 79.6 cm³/mol. The van der Waals surface area contributed by atoms with Crippen LogP contribution < -0.4 is 16.0 Å². The molecule has 9 atom stereocenters. The highest BCUT2D eigenvalue weighted by Crippen LogP contribution is 2.40. The second-order valence-electron chi connectivity index (χ2n) is 6.38. The van der Waals surface area contributed by atoms with Crippen molar-refractivity contribution in [2.24, 2.45) is 0 Å². The van der Waals surface area contributed by atoms with E-state index in [2.05, 4.69) is 16.0 Å². The molecule has 9 nitrogen and oxygen atoms in total. The SMILES string of the molecule is CNC1C(O)C(NC)[C@H](O)C2OC3OCCC(NC)C3(O)OC12. The highest BCUT2D eigenvalue weighted by molar-refractivity contribution is 5.09. The van der Waals surface area contributed by atoms with Crippen LogP contribution in [-0.4, -0.2) is 97.7 Å². The fourth-order valence-electron chi connectivity index (χ4n) is 3.97. The van der Waals surface area contributed by atoms with Crippen LogP contribution in [0, 0.1) is 0 Å². The molecule has 1 aliphatic carbocycles. The molecule has 0 radical (unpaired) electrons. The number of hydrogen-bond acceptors (Lipinski definition) is 9. The lowest BCUT2D eigenvalue weighted by atomic mass is 9.80. The van der Waals surface area contributed by atoms with Crippen molar-refractivity contribution in [3.63, 3.8) is 0 Å². The third-order valence-corrected chi connectivity index (χ3v) is 5.25. The van der Waals surface area contributed by atoms with E-state index in [4.69, 9.17) is 14.2 Å². The summed E-state index contributed by atoms with van der Waals surface area (Å²) >= 11 is 0. The molecular weight excluding hydrogens is 306 g/mol. The van der Waals surface area contributed by atoms with Crippen molar-refractivity contribution >= 4 is 0 Å². The minimum absolute atomic E-state index is 0.365. The van der Waals surface area contributed by atoms with Crippen molar-refractivity contribution in [2.75, 3.05) is 27.7 Å². The standard InChI is InChI=1S/C14H27N3O6/c1-15-6-4-5-21-13-14(6,20)23-11-8(17-3)9(18)7(16-2)10(19)12(11)22-13/h6-13,15-20H,4-5H2,1-3H3/t6?,7?,8?,9?,10-,11?,12?,13?,14?/m0/s1. The minimum atomic E-state index is -1.67. The van der Waals surface area contributed by atoms with Crippen molar-refractivity contribution < 1.29 is 29.5 Å². The number of ether oxygens (including phenoxy) is 3. The normalized spacial score (nSPS) is 53.5. The molecule has 0 spiro atoms. The third-order valence-electron chi connectivity index (χ3n) is 5.25. The Balaban J connectivity index is 1.91. The van der Waals surface area contributed by atoms with Crippen molar-refractivity contribution in [3.05, 3.63) is 0 Å². The van der Waals surface area contributed by atoms with Crippen LogP contribution in [0.25, 0.3) is 0 Å². The van der Waals surface area contributed by atoms with Crippen LogP contribution >= 0.6 is 0 Å². The second kappa shape index (κ2) is 6.51. The van der Waals surface area contributed by atoms with Gasteiger partial charge >= 0.3 is 0 Å². The summed E-state index contributed by atoms with van der Waals surface area (Å²) in [6, 6.07) is -1.45. The van der Waals surface area contributed by atoms with E-state index in [0.29, 0.717) is 13.0 Å². The van der Waals surface area contributed by atoms with Gasteiger partial charge in [-0.3, -0.25) is 0 Å². The molecule has 134 valence electrons. The lowest BCUT2D eigenvalue weighted by molar-refractivity contribution is -0.442. The van der Waals surface area contributed by atoms with Crippen molar-refractivity contribution in [2.45, 2.75) is 61.0 Å². The maximum Gasteiger partial charge on any atom is 0.234 e. The third kappa shape index (κ3) is 2.60. The summed E-state index contributed by atoms with van der Waals surface area (Å²) in [6.07, 6.45) is -3.76. The molecule has 9 heteroatoms. The first-order valence-corrected chi connectivity index (χ1v) is 8.03. The summed E-state index contributed by atoms with van der Waals surface area (Å²) in [5, 5.41) is 40.9. The fraction of sp³-hybridized carbons (Fsp3) is 1.00. The van der Waals surface area contributed by atoms with E-state index in [1.807, 2.05) is 0 Å². The Morgan fingerprint density at radius 3 is 2.26 bits per heavy atom. The van der Waals surface area contributed by atoms with E-state index in [-0.39, 0.29) is 6.04 Å². The molecular formula is C14H27N3O6. The molecule has 0 bridgehead atoms. The lowest BCUT2D eigenvalue weighted by Crippen LogP contribution is -2.78. The fourth-order valence-corrected chi connectivity index (χ4v) is 3.97. The van der Waals surface area contributed by atoms with Gasteiger partial charge in [0.25, 0.3) is 0 Å². The molecule has 3 fully saturated rings. The molecule has 0 aromatic heterocycles. The number of nitrogens with one attached hydrogen (secondary N) is 3. The summed E-state index contributed by atoms with van der Waals surface area (Å²) in [4.78, 5) is 0. The Morgan fingerprint density at radius 1 is 0.957 bits per heavy atom. The Morgan fingerprint density at radius 2 is 1.65 bits per heavy atom. The van der Waals surface area contributed by atoms with E-state index >= 15 is 0 Å². The maximum absolute atomic E-state index is 11.0. The summed E-state index contributed by atoms with van der Waals surface area (Å²) in [7, 11) is 5.09. The number of aliphatic hydroxyl groups excluding tert-OH is 2. The predicted octanol–water partition coefficient (Wildman–Crippen LogP) is -3.30. The zero-order chi connectivity index (χ0) is 16.8. The number of hydrogen-bond donors (Lipinski definition) is 6. The largest absolute Gasteiger partial charge is 0.390 e. The summed E-state index contributed by atoms with van der Waals surface area (Å²) in [6.45, 7) is 0.420. The van der Waals surface area contributed by atoms with E-state index in [1.54, 1.807) is 21.1 Å². The zero-order valence-electron chi connectivity index (χ0n) is 13.6. The molecule has 0 aromatic carbocycles. The van der Waals surface area contributed by atoms with Gasteiger partial charge in [0.1, 0.15) is 18.3 Å². The maximum atomic E-state index is 11.0. The topological polar surface area (TPSA) is 124 Å². The molecule has 0 amide bonds. The van der Waals surface area contributed by atoms with Crippen LogP contribution in [0.3, 0.4) is 0 Å². The van der Waals surface area contributed by atoms with Gasteiger partial charge in [-0.05, 0) is 27.6 Å². The van der Waals surface area contributed by atoms with Crippen LogP contribution in [0.4, 0.5) is 0 Å². The lowest BCUT2D eigenvalue weighted by Gasteiger charge is -2.57. The molecule has 23 heavy (non-hydrogen) atoms. The van der Waals surface area contributed by atoms with Gasteiger partial charge in [-0.2, -0.15) is 0 Å². The van der Waals surface area contributed by atoms with Gasteiger partial charge in [-0.15, -0.1) is 0 Å². The van der Waals surface area contributed by atoms with E-state index in [1.165, 1.54) is 0 Å². The number of fused-ring (bicyclic) bond motifs is 2. The van der Waals surface area contributed by atoms with Gasteiger partial charge in [0.15, 0.2) is 0 Å². The molecule has 2 aliphatic heterocycles. The highest BCUT2D eigenvalue weighted by atomic mass is 16.8. The zero-order valence-corrected chi connectivity index (χ0v) is 13.6. The van der Waals surface area contributed by atoms with Gasteiger partial charge in [-0.25, -0.2) is 0 Å². The molecule has 3 rings (SSSR count). The Kier molecular flexibility index (Phi) is 4.94. The molecule has 2 saturated heterocycles. The minimum Gasteiger partial charge on any atom is -0.390 e. The first kappa shape index (κ1) is 17.5. The van der Waals surface area contributed by atoms with Crippen molar-refractivity contribution in [1.82, 2.24) is 16.0 Å². The summed E-state index contributed by atoms with van der Waals surface area (Å²) < 4.78 is 17.4. The van der Waals surface area contributed by atoms with Crippen LogP contribution in [0.2, 0.25) is 0 Å². The molecule has 1 saturated carbocycles. The van der Waals surface area contributed by atoms with Crippen LogP contribution in [0.15, 0.2) is 0 Å². The van der Waals surface area contributed by atoms with Crippen molar-refractivity contribution in [1.29, 1.82) is 0 Å². The Hall–Kier alpha value is -0.360. The first-order chi connectivity index (χ1) is 11.0. The van der Waals surface area contributed by atoms with Gasteiger partial charge in [-0.1, -0.05) is 0 Å². The van der Waals surface area contributed by atoms with Crippen molar-refractivity contribution in [3.8, 4) is 0 Å². The van der Waals surface area contributed by atoms with Gasteiger partial charge in [0.05, 0.1) is 30.8 Å². The molecule has 0 aromatic rings. The molecule has 3 aliphatic rings. The average Bonchev–Trinajstić information content (AvgIpc) is 2.53. The van der Waals surface area contributed by atoms with Gasteiger partial charge in [0, 0.05) is 0 Å². The summed E-state index contributed by atoms with van der Waals surface area (Å²) in [5.74, 6) is -1.67. The molecule has 8 unspecified atom stereocenters. The van der Waals surface area contributed by atoms with E-state index in [0.717, 1.165) is 0 Å². The molecule has 6 N–H and O–H groups in total. The number of rotatable bonds is 3. The van der Waals surface area contributed by atoms with Gasteiger partial charge in [0.2, 0.25) is 12.1 Å². The second-order valence-corrected chi connectivity index (χ2v) is 6.38. The quantitative estimate of drug-likeness (QED) is 0.315. The molecule has 2 heterocycles. The first-order valence-electron chi connectivity index (χ1n) is 8.03. The van der Waals surface area contributed by atoms with Crippen LogP contribution in [-0.2, 0) is 14.2 Å². The average molecular weight is 333 g/mol. The Labute approximate surface area is 135 Å². The van der Waals surface area contributed by atoms with E-state index < -0.39 is 48.6 Å². The smallest absolute Gasteiger partial charge is 0.234 e. The van der Waals surface area contributed by atoms with Gasteiger partial charge < -0.3 is 45.5 Å². The number of likely N-dealkylation sites (N-methyl/N-ethyl adjacent to an activating group) is 3. The van der Waals surface area contributed by atoms with Crippen LogP contribution in [0.5, 0.6) is 0 Å². The highest BCUT2D eigenvalue weighted by Gasteiger charge is 2.62. The van der Waals surface area contributed by atoms with E-state index in [9.17, 15) is 15.3 Å². The summed E-state index contributed by atoms with van der Waals surface area (Å²) in [5.41, 5.74) is 0. The monoisotopic (exact) mass is 333 g/mol. The van der Waals surface area contributed by atoms with Crippen LogP contribution in [0.1, 0.15) is 6.42 Å². The Bertz CT molecular complexity index is 429. The number of aliphatic hydroxyl groups is 3.